The van der Waals surface area contributed by atoms with Gasteiger partial charge in [0.05, 0.1) is 99.1 Å². The van der Waals surface area contributed by atoms with Crippen LogP contribution < -0.4 is 0 Å². The summed E-state index contributed by atoms with van der Waals surface area (Å²) in [5, 5.41) is 0. The van der Waals surface area contributed by atoms with Crippen molar-refractivity contribution in [3.05, 3.63) is 0 Å². The van der Waals surface area contributed by atoms with Gasteiger partial charge in [-0.15, -0.1) is 0 Å². The molecule has 0 unspecified atom stereocenters. The largest absolute Gasteiger partial charge is 0.490 e. The third kappa shape index (κ3) is 23.6. The summed E-state index contributed by atoms with van der Waals surface area (Å²) in [5.74, 6) is -2.23. The Kier molecular flexibility index (Phi) is 22.3. The van der Waals surface area contributed by atoms with Crippen LogP contribution in [0.3, 0.4) is 0 Å². The molecule has 0 aliphatic carbocycles. The minimum absolute atomic E-state index is 0.139. The van der Waals surface area contributed by atoms with E-state index in [9.17, 15) is 18.0 Å². The predicted octanol–water partition coefficient (Wildman–Crippen LogP) is 0.855. The Labute approximate surface area is 186 Å². The molecule has 0 aromatic rings. The first kappa shape index (κ1) is 30.9. The van der Waals surface area contributed by atoms with Gasteiger partial charge in [-0.25, -0.2) is 4.79 Å². The van der Waals surface area contributed by atoms with E-state index < -0.39 is 18.8 Å². The van der Waals surface area contributed by atoms with E-state index in [1.165, 1.54) is 0 Å². The summed E-state index contributed by atoms with van der Waals surface area (Å²) in [5.41, 5.74) is 0. The van der Waals surface area contributed by atoms with E-state index in [2.05, 4.69) is 4.74 Å². The third-order valence-electron chi connectivity index (χ3n) is 3.36. The molecule has 0 saturated carbocycles. The monoisotopic (exact) mass is 480 g/mol. The maximum Gasteiger partial charge on any atom is 0.490 e. The van der Waals surface area contributed by atoms with Gasteiger partial charge >= 0.3 is 12.1 Å². The van der Waals surface area contributed by atoms with E-state index in [1.807, 2.05) is 0 Å². The average Bonchev–Trinajstić information content (AvgIpc) is 2.76. The zero-order chi connectivity index (χ0) is 23.8. The molecule has 0 aliphatic rings. The first-order valence-electron chi connectivity index (χ1n) is 10.3. The van der Waals surface area contributed by atoms with Gasteiger partial charge in [0.2, 0.25) is 0 Å². The van der Waals surface area contributed by atoms with Gasteiger partial charge in [-0.1, -0.05) is 0 Å². The highest BCUT2D eigenvalue weighted by Crippen LogP contribution is 2.16. The van der Waals surface area contributed by atoms with Crippen LogP contribution >= 0.6 is 0 Å². The fraction of sp³-hybridized carbons (Fsp3) is 0.947. The van der Waals surface area contributed by atoms with Crippen molar-refractivity contribution in [2.45, 2.75) is 6.18 Å². The number of ether oxygens (including phenoxy) is 9. The third-order valence-corrected chi connectivity index (χ3v) is 3.36. The van der Waals surface area contributed by atoms with Crippen molar-refractivity contribution < 1.29 is 60.6 Å². The first-order valence-corrected chi connectivity index (χ1v) is 10.3. The lowest BCUT2D eigenvalue weighted by Crippen LogP contribution is -2.26. The summed E-state index contributed by atoms with van der Waals surface area (Å²) in [4.78, 5) is 10.4. The van der Waals surface area contributed by atoms with Crippen molar-refractivity contribution in [2.75, 3.05) is 113 Å². The Morgan fingerprint density at radius 3 is 1.00 bits per heavy atom. The molecule has 0 fully saturated rings. The Morgan fingerprint density at radius 2 is 0.750 bits per heavy atom. The SMILES string of the molecule is COCCOCCOCCOCCOCCOCCOCCOCCOC(=O)C(F)(F)F. The molecule has 0 radical (unpaired) electrons. The molecule has 0 atom stereocenters. The maximum atomic E-state index is 11.9. The number of hydrogen-bond donors (Lipinski definition) is 0. The highest BCUT2D eigenvalue weighted by Gasteiger charge is 2.40. The van der Waals surface area contributed by atoms with Crippen molar-refractivity contribution in [3.63, 3.8) is 0 Å². The van der Waals surface area contributed by atoms with Crippen LogP contribution in [0.2, 0.25) is 0 Å². The fourth-order valence-electron chi connectivity index (χ4n) is 1.84. The van der Waals surface area contributed by atoms with Gasteiger partial charge in [0, 0.05) is 7.11 Å². The maximum absolute atomic E-state index is 11.9. The van der Waals surface area contributed by atoms with Crippen molar-refractivity contribution in [3.8, 4) is 0 Å². The molecule has 0 aromatic carbocycles. The van der Waals surface area contributed by atoms with Crippen LogP contribution in [0.4, 0.5) is 13.2 Å². The summed E-state index contributed by atoms with van der Waals surface area (Å²) in [6.07, 6.45) is -4.99. The Bertz CT molecular complexity index is 413. The van der Waals surface area contributed by atoms with Gasteiger partial charge in [0.25, 0.3) is 0 Å². The Morgan fingerprint density at radius 1 is 0.500 bits per heavy atom. The molecule has 32 heavy (non-hydrogen) atoms. The number of rotatable bonds is 24. The van der Waals surface area contributed by atoms with E-state index in [4.69, 9.17) is 37.9 Å². The normalized spacial score (nSPS) is 11.8. The summed E-state index contributed by atoms with van der Waals surface area (Å²) in [6.45, 7) is 5.42. The van der Waals surface area contributed by atoms with Crippen molar-refractivity contribution in [1.29, 1.82) is 0 Å². The van der Waals surface area contributed by atoms with Gasteiger partial charge < -0.3 is 42.6 Å². The van der Waals surface area contributed by atoms with Gasteiger partial charge in [-0.05, 0) is 0 Å². The lowest BCUT2D eigenvalue weighted by Gasteiger charge is -2.09. The number of alkyl halides is 3. The number of carbonyl (C=O) groups is 1. The Balaban J connectivity index is 3.09. The van der Waals surface area contributed by atoms with E-state index >= 15 is 0 Å². The van der Waals surface area contributed by atoms with Crippen molar-refractivity contribution in [2.24, 2.45) is 0 Å². The lowest BCUT2D eigenvalue weighted by atomic mass is 10.6. The van der Waals surface area contributed by atoms with Crippen LogP contribution in [-0.2, 0) is 47.4 Å². The first-order chi connectivity index (χ1) is 15.5. The topological polar surface area (TPSA) is 100 Å². The molecule has 0 rings (SSSR count). The lowest BCUT2D eigenvalue weighted by molar-refractivity contribution is -0.200. The highest BCUT2D eigenvalue weighted by atomic mass is 19.4. The van der Waals surface area contributed by atoms with Gasteiger partial charge in [0.15, 0.2) is 0 Å². The van der Waals surface area contributed by atoms with E-state index in [1.54, 1.807) is 7.11 Å². The molecule has 0 N–H and O–H groups in total. The van der Waals surface area contributed by atoms with Crippen LogP contribution in [0.5, 0.6) is 0 Å². The van der Waals surface area contributed by atoms with E-state index in [0.29, 0.717) is 79.3 Å². The second kappa shape index (κ2) is 23.1. The molecule has 0 spiro atoms. The van der Waals surface area contributed by atoms with Crippen LogP contribution in [0.15, 0.2) is 0 Å². The predicted molar refractivity (Wildman–Crippen MR) is 105 cm³/mol. The van der Waals surface area contributed by atoms with E-state index in [0.717, 1.165) is 0 Å². The van der Waals surface area contributed by atoms with Crippen LogP contribution in [0, 0.1) is 0 Å². The number of methoxy groups -OCH3 is 1. The van der Waals surface area contributed by atoms with Crippen LogP contribution in [0.1, 0.15) is 0 Å². The smallest absolute Gasteiger partial charge is 0.457 e. The molecule has 10 nitrogen and oxygen atoms in total. The highest BCUT2D eigenvalue weighted by molar-refractivity contribution is 5.75. The number of halogens is 3. The summed E-state index contributed by atoms with van der Waals surface area (Å²) < 4.78 is 81.2. The van der Waals surface area contributed by atoms with Gasteiger partial charge in [0.1, 0.15) is 6.61 Å². The summed E-state index contributed by atoms with van der Waals surface area (Å²) in [6, 6.07) is 0. The molecule has 0 bridgehead atoms. The average molecular weight is 480 g/mol. The van der Waals surface area contributed by atoms with E-state index in [-0.39, 0.29) is 19.8 Å². The number of carbonyl (C=O) groups excluding carboxylic acids is 1. The molecule has 192 valence electrons. The summed E-state index contributed by atoms with van der Waals surface area (Å²) >= 11 is 0. The second-order valence-electron chi connectivity index (χ2n) is 5.91. The quantitative estimate of drug-likeness (QED) is 0.146. The second-order valence-corrected chi connectivity index (χ2v) is 5.91. The van der Waals surface area contributed by atoms with Crippen molar-refractivity contribution in [1.82, 2.24) is 0 Å². The zero-order valence-electron chi connectivity index (χ0n) is 18.5. The molecule has 0 aliphatic heterocycles. The minimum Gasteiger partial charge on any atom is -0.457 e. The molecular formula is C19H35F3O10. The van der Waals surface area contributed by atoms with Gasteiger partial charge in [-0.3, -0.25) is 0 Å². The standard InChI is InChI=1S/C19H35F3O10/c1-24-2-3-25-4-5-26-6-7-27-8-9-28-10-11-29-12-13-30-14-15-31-16-17-32-18(23)19(20,21)22/h2-17H2,1H3. The van der Waals surface area contributed by atoms with Crippen LogP contribution in [0.25, 0.3) is 0 Å². The molecule has 0 amide bonds. The molecule has 13 heteroatoms. The number of hydrogen-bond acceptors (Lipinski definition) is 10. The molecule has 0 saturated heterocycles. The van der Waals surface area contributed by atoms with Crippen LogP contribution in [-0.4, -0.2) is 125 Å². The molecular weight excluding hydrogens is 445 g/mol. The molecule has 0 heterocycles. The van der Waals surface area contributed by atoms with Crippen molar-refractivity contribution >= 4 is 5.97 Å². The summed E-state index contributed by atoms with van der Waals surface area (Å²) in [7, 11) is 1.62. The van der Waals surface area contributed by atoms with Gasteiger partial charge in [-0.2, -0.15) is 13.2 Å². The number of esters is 1. The molecule has 0 aromatic heterocycles. The zero-order valence-corrected chi connectivity index (χ0v) is 18.5. The Hall–Kier alpha value is -1.06. The fourth-order valence-corrected chi connectivity index (χ4v) is 1.84. The minimum atomic E-state index is -4.99.